The Kier molecular flexibility index (Phi) is 5.81. The molecule has 6 nitrogen and oxygen atoms in total. The number of hydrogen-bond acceptors (Lipinski definition) is 3. The van der Waals surface area contributed by atoms with Crippen LogP contribution in [0, 0.1) is 5.82 Å². The molecule has 2 aromatic carbocycles. The molecule has 0 spiro atoms. The predicted octanol–water partition coefficient (Wildman–Crippen LogP) is 3.64. The van der Waals surface area contributed by atoms with Crippen molar-refractivity contribution >= 4 is 50.3 Å². The monoisotopic (exact) mass is 466 g/mol. The fourth-order valence-electron chi connectivity index (χ4n) is 2.77. The standard InChI is InChI=1S/C19H13BrClFN2O4/c20-11-4-9-6-13(19(27)28)18(26)24-17(9)10(5-11)8-23-16(25)7-12-14(21)2-1-3-15(12)22/h1-6H,7-8H2,(H,23,25)(H,24,26)(H,27,28). The van der Waals surface area contributed by atoms with Crippen LogP contribution in [-0.2, 0) is 17.8 Å². The summed E-state index contributed by atoms with van der Waals surface area (Å²) in [7, 11) is 0. The number of carbonyl (C=O) groups excluding carboxylic acids is 1. The summed E-state index contributed by atoms with van der Waals surface area (Å²) in [6, 6.07) is 8.79. The maximum atomic E-state index is 13.8. The highest BCUT2D eigenvalue weighted by Gasteiger charge is 2.15. The van der Waals surface area contributed by atoms with E-state index < -0.39 is 23.3 Å². The number of benzene rings is 2. The third-order valence-corrected chi connectivity index (χ3v) is 4.92. The van der Waals surface area contributed by atoms with Crippen LogP contribution in [0.3, 0.4) is 0 Å². The molecule has 3 rings (SSSR count). The number of halogens is 3. The maximum absolute atomic E-state index is 13.8. The van der Waals surface area contributed by atoms with Crippen LogP contribution in [0.15, 0.2) is 45.7 Å². The first-order chi connectivity index (χ1) is 13.3. The number of aromatic nitrogens is 1. The quantitative estimate of drug-likeness (QED) is 0.533. The number of pyridine rings is 1. The van der Waals surface area contributed by atoms with E-state index in [2.05, 4.69) is 26.2 Å². The van der Waals surface area contributed by atoms with Crippen LogP contribution in [-0.4, -0.2) is 22.0 Å². The number of rotatable bonds is 5. The minimum absolute atomic E-state index is 0.0448. The van der Waals surface area contributed by atoms with E-state index in [1.165, 1.54) is 24.3 Å². The molecular weight excluding hydrogens is 455 g/mol. The third-order valence-electron chi connectivity index (χ3n) is 4.10. The predicted molar refractivity (Wildman–Crippen MR) is 106 cm³/mol. The Balaban J connectivity index is 1.86. The van der Waals surface area contributed by atoms with Crippen LogP contribution in [0.25, 0.3) is 10.9 Å². The Morgan fingerprint density at radius 2 is 2.00 bits per heavy atom. The highest BCUT2D eigenvalue weighted by atomic mass is 79.9. The first-order valence-electron chi connectivity index (χ1n) is 8.04. The van der Waals surface area contributed by atoms with Gasteiger partial charge in [0.25, 0.3) is 5.56 Å². The largest absolute Gasteiger partial charge is 0.477 e. The number of fused-ring (bicyclic) bond motifs is 1. The van der Waals surface area contributed by atoms with Crippen molar-refractivity contribution in [1.82, 2.24) is 10.3 Å². The lowest BCUT2D eigenvalue weighted by molar-refractivity contribution is -0.120. The Labute approximate surface area is 171 Å². The number of carboxylic acids is 1. The molecule has 0 radical (unpaired) electrons. The molecule has 3 aromatic rings. The minimum Gasteiger partial charge on any atom is -0.477 e. The fourth-order valence-corrected chi connectivity index (χ4v) is 3.52. The Hall–Kier alpha value is -2.71. The number of H-pyrrole nitrogens is 1. The van der Waals surface area contributed by atoms with Crippen LogP contribution in [0.1, 0.15) is 21.5 Å². The van der Waals surface area contributed by atoms with E-state index >= 15 is 0 Å². The first kappa shape index (κ1) is 20.0. The van der Waals surface area contributed by atoms with Crippen molar-refractivity contribution < 1.29 is 19.1 Å². The lowest BCUT2D eigenvalue weighted by atomic mass is 10.1. The average Bonchev–Trinajstić information content (AvgIpc) is 2.62. The summed E-state index contributed by atoms with van der Waals surface area (Å²) >= 11 is 9.26. The average molecular weight is 468 g/mol. The van der Waals surface area contributed by atoms with E-state index in [0.29, 0.717) is 20.9 Å². The molecule has 0 unspecified atom stereocenters. The zero-order chi connectivity index (χ0) is 20.4. The van der Waals surface area contributed by atoms with Gasteiger partial charge in [0, 0.05) is 27.0 Å². The van der Waals surface area contributed by atoms with Crippen LogP contribution >= 0.6 is 27.5 Å². The molecule has 0 atom stereocenters. The fraction of sp³-hybridized carbons (Fsp3) is 0.105. The summed E-state index contributed by atoms with van der Waals surface area (Å²) in [6.07, 6.45) is -0.239. The summed E-state index contributed by atoms with van der Waals surface area (Å²) in [4.78, 5) is 37.9. The Morgan fingerprint density at radius 3 is 2.68 bits per heavy atom. The van der Waals surface area contributed by atoms with Crippen molar-refractivity contribution in [2.24, 2.45) is 0 Å². The van der Waals surface area contributed by atoms with Crippen molar-refractivity contribution in [2.75, 3.05) is 0 Å². The molecule has 9 heteroatoms. The van der Waals surface area contributed by atoms with Crippen LogP contribution in [0.5, 0.6) is 0 Å². The topological polar surface area (TPSA) is 99.3 Å². The van der Waals surface area contributed by atoms with Gasteiger partial charge in [-0.25, -0.2) is 9.18 Å². The van der Waals surface area contributed by atoms with Crippen molar-refractivity contribution in [3.63, 3.8) is 0 Å². The van der Waals surface area contributed by atoms with Gasteiger partial charge in [-0.05, 0) is 35.9 Å². The molecule has 0 aliphatic heterocycles. The summed E-state index contributed by atoms with van der Waals surface area (Å²) < 4.78 is 14.5. The van der Waals surface area contributed by atoms with Crippen LogP contribution in [0.2, 0.25) is 5.02 Å². The van der Waals surface area contributed by atoms with Crippen LogP contribution < -0.4 is 10.9 Å². The van der Waals surface area contributed by atoms with Gasteiger partial charge in [-0.3, -0.25) is 9.59 Å². The van der Waals surface area contributed by atoms with E-state index in [4.69, 9.17) is 16.7 Å². The molecule has 1 amide bonds. The molecule has 28 heavy (non-hydrogen) atoms. The molecular formula is C19H13BrClFN2O4. The van der Waals surface area contributed by atoms with E-state index in [1.807, 2.05) is 0 Å². The molecule has 1 heterocycles. The summed E-state index contributed by atoms with van der Waals surface area (Å²) in [5.41, 5.74) is -0.0584. The highest BCUT2D eigenvalue weighted by molar-refractivity contribution is 9.10. The van der Waals surface area contributed by atoms with Crippen molar-refractivity contribution in [3.8, 4) is 0 Å². The summed E-state index contributed by atoms with van der Waals surface area (Å²) in [5.74, 6) is -2.36. The number of nitrogens with one attached hydrogen (secondary N) is 2. The summed E-state index contributed by atoms with van der Waals surface area (Å²) in [5, 5.41) is 12.4. The number of amides is 1. The molecule has 0 fully saturated rings. The van der Waals surface area contributed by atoms with E-state index in [1.54, 1.807) is 12.1 Å². The number of aromatic carboxylic acids is 1. The van der Waals surface area contributed by atoms with Crippen LogP contribution in [0.4, 0.5) is 4.39 Å². The van der Waals surface area contributed by atoms with Crippen molar-refractivity contribution in [3.05, 3.63) is 78.8 Å². The van der Waals surface area contributed by atoms with Crippen molar-refractivity contribution in [2.45, 2.75) is 13.0 Å². The normalized spacial score (nSPS) is 10.8. The third kappa shape index (κ3) is 4.23. The number of carboxylic acid groups (broad SMARTS) is 1. The number of aromatic amines is 1. The first-order valence-corrected chi connectivity index (χ1v) is 9.21. The maximum Gasteiger partial charge on any atom is 0.341 e. The summed E-state index contributed by atoms with van der Waals surface area (Å²) in [6.45, 7) is 0.0448. The van der Waals surface area contributed by atoms with Gasteiger partial charge in [0.2, 0.25) is 5.91 Å². The van der Waals surface area contributed by atoms with E-state index in [9.17, 15) is 18.8 Å². The smallest absolute Gasteiger partial charge is 0.341 e. The lowest BCUT2D eigenvalue weighted by Crippen LogP contribution is -2.25. The molecule has 0 aliphatic carbocycles. The zero-order valence-electron chi connectivity index (χ0n) is 14.2. The molecule has 0 saturated carbocycles. The van der Waals surface area contributed by atoms with Gasteiger partial charge in [0.15, 0.2) is 0 Å². The second kappa shape index (κ2) is 8.12. The van der Waals surface area contributed by atoms with Gasteiger partial charge in [-0.1, -0.05) is 33.6 Å². The zero-order valence-corrected chi connectivity index (χ0v) is 16.5. The Morgan fingerprint density at radius 1 is 1.25 bits per heavy atom. The lowest BCUT2D eigenvalue weighted by Gasteiger charge is -2.11. The second-order valence-corrected chi connectivity index (χ2v) is 7.32. The number of carbonyl (C=O) groups is 2. The van der Waals surface area contributed by atoms with Gasteiger partial charge in [0.05, 0.1) is 11.9 Å². The van der Waals surface area contributed by atoms with Gasteiger partial charge >= 0.3 is 5.97 Å². The van der Waals surface area contributed by atoms with Gasteiger partial charge in [-0.2, -0.15) is 0 Å². The van der Waals surface area contributed by atoms with Gasteiger partial charge in [0.1, 0.15) is 11.4 Å². The SMILES string of the molecule is O=C(Cc1c(F)cccc1Cl)NCc1cc(Br)cc2cc(C(=O)O)c(=O)[nH]c12. The Bertz CT molecular complexity index is 1140. The molecule has 144 valence electrons. The van der Waals surface area contributed by atoms with Crippen molar-refractivity contribution in [1.29, 1.82) is 0 Å². The highest BCUT2D eigenvalue weighted by Crippen LogP contribution is 2.23. The van der Waals surface area contributed by atoms with E-state index in [0.717, 1.165) is 0 Å². The second-order valence-electron chi connectivity index (χ2n) is 6.00. The molecule has 3 N–H and O–H groups in total. The molecule has 0 saturated heterocycles. The van der Waals surface area contributed by atoms with Gasteiger partial charge in [-0.15, -0.1) is 0 Å². The van der Waals surface area contributed by atoms with E-state index in [-0.39, 0.29) is 29.1 Å². The molecule has 0 aliphatic rings. The number of hydrogen-bond donors (Lipinski definition) is 3. The molecule has 0 bridgehead atoms. The minimum atomic E-state index is -1.33. The van der Waals surface area contributed by atoms with Gasteiger partial charge < -0.3 is 15.4 Å². The molecule has 1 aromatic heterocycles.